The Morgan fingerprint density at radius 3 is 2.72 bits per heavy atom. The van der Waals surface area contributed by atoms with Crippen molar-refractivity contribution in [3.8, 4) is 17.9 Å². The lowest BCUT2D eigenvalue weighted by molar-refractivity contribution is 0.483. The average molecular weight is 368 g/mol. The summed E-state index contributed by atoms with van der Waals surface area (Å²) in [5.41, 5.74) is 1.90. The van der Waals surface area contributed by atoms with Gasteiger partial charge in [0.25, 0.3) is 0 Å². The molecule has 0 bridgehead atoms. The van der Waals surface area contributed by atoms with Gasteiger partial charge in [0.1, 0.15) is 17.4 Å². The second kappa shape index (κ2) is 5.94. The third-order valence-electron chi connectivity index (χ3n) is 2.03. The minimum atomic E-state index is -0.561. The van der Waals surface area contributed by atoms with E-state index in [0.29, 0.717) is 16.3 Å². The van der Waals surface area contributed by atoms with Gasteiger partial charge in [0.15, 0.2) is 0 Å². The van der Waals surface area contributed by atoms with Crippen molar-refractivity contribution in [2.24, 2.45) is 0 Å². The lowest BCUT2D eigenvalue weighted by Gasteiger charge is -1.94. The molecule has 0 unspecified atom stereocenters. The Balaban J connectivity index is 2.29. The Morgan fingerprint density at radius 1 is 1.28 bits per heavy atom. The van der Waals surface area contributed by atoms with Crippen molar-refractivity contribution in [3.63, 3.8) is 0 Å². The highest BCUT2D eigenvalue weighted by Gasteiger charge is 1.99. The first-order valence-electron chi connectivity index (χ1n) is 4.94. The Bertz CT molecular complexity index is 676. The van der Waals surface area contributed by atoms with Gasteiger partial charge in [-0.05, 0) is 46.7 Å². The van der Waals surface area contributed by atoms with Crippen LogP contribution in [0.15, 0.2) is 23.6 Å². The largest absolute Gasteiger partial charge is 0.243 e. The Kier molecular flexibility index (Phi) is 4.29. The molecule has 0 amide bonds. The van der Waals surface area contributed by atoms with Crippen molar-refractivity contribution < 1.29 is 4.39 Å². The summed E-state index contributed by atoms with van der Waals surface area (Å²) < 4.78 is 13.3. The molecule has 2 aromatic rings. The first-order valence-corrected chi connectivity index (χ1v) is 6.90. The molecule has 0 fully saturated rings. The van der Waals surface area contributed by atoms with E-state index < -0.39 is 6.67 Å². The average Bonchev–Trinajstić information content (AvgIpc) is 2.83. The van der Waals surface area contributed by atoms with Crippen LogP contribution in [0.5, 0.6) is 0 Å². The number of hydrogen-bond donors (Lipinski definition) is 0. The zero-order valence-electron chi connectivity index (χ0n) is 9.08. The summed E-state index contributed by atoms with van der Waals surface area (Å²) in [7, 11) is 0. The van der Waals surface area contributed by atoms with Crippen molar-refractivity contribution in [2.45, 2.75) is 6.67 Å². The molecule has 0 radical (unpaired) electrons. The van der Waals surface area contributed by atoms with E-state index in [1.54, 1.807) is 17.5 Å². The highest BCUT2D eigenvalue weighted by molar-refractivity contribution is 14.1. The molecule has 0 aliphatic rings. The number of rotatable bonds is 1. The van der Waals surface area contributed by atoms with E-state index in [-0.39, 0.29) is 0 Å². The number of hydrogen-bond acceptors (Lipinski definition) is 3. The van der Waals surface area contributed by atoms with Crippen molar-refractivity contribution >= 4 is 33.9 Å². The van der Waals surface area contributed by atoms with Crippen molar-refractivity contribution in [2.75, 3.05) is 0 Å². The number of alkyl halides is 1. The van der Waals surface area contributed by atoms with E-state index in [9.17, 15) is 4.39 Å². The Labute approximate surface area is 122 Å². The molecule has 88 valence electrons. The lowest BCUT2D eigenvalue weighted by Crippen LogP contribution is -1.83. The number of nitrogens with zero attached hydrogens (tertiary/aromatic N) is 2. The van der Waals surface area contributed by atoms with Crippen LogP contribution in [0, 0.1) is 26.7 Å². The molecular weight excluding hydrogens is 362 g/mol. The van der Waals surface area contributed by atoms with Gasteiger partial charge in [-0.1, -0.05) is 5.92 Å². The molecule has 2 nitrogen and oxygen atoms in total. The van der Waals surface area contributed by atoms with Crippen LogP contribution < -0.4 is 0 Å². The molecule has 0 N–H and O–H groups in total. The highest BCUT2D eigenvalue weighted by Crippen LogP contribution is 2.12. The van der Waals surface area contributed by atoms with Crippen LogP contribution in [0.2, 0.25) is 0 Å². The minimum absolute atomic E-state index is 0.430. The molecule has 0 atom stereocenters. The Hall–Kier alpha value is -1.44. The summed E-state index contributed by atoms with van der Waals surface area (Å²) in [6.07, 6.45) is 0. The third-order valence-corrected chi connectivity index (χ3v) is 3.46. The summed E-state index contributed by atoms with van der Waals surface area (Å²) in [6, 6.07) is 7.48. The molecular formula is C13H6FIN2S. The van der Waals surface area contributed by atoms with Crippen LogP contribution in [0.1, 0.15) is 21.8 Å². The maximum absolute atomic E-state index is 12.3. The van der Waals surface area contributed by atoms with Crippen LogP contribution in [0.4, 0.5) is 4.39 Å². The Morgan fingerprint density at radius 2 is 2.06 bits per heavy atom. The van der Waals surface area contributed by atoms with E-state index in [4.69, 9.17) is 5.26 Å². The second-order valence-electron chi connectivity index (χ2n) is 3.35. The van der Waals surface area contributed by atoms with Crippen LogP contribution in [0.3, 0.4) is 0 Å². The number of aromatic nitrogens is 1. The smallest absolute Gasteiger partial charge is 0.141 e. The third kappa shape index (κ3) is 3.28. The van der Waals surface area contributed by atoms with Gasteiger partial charge in [-0.2, -0.15) is 5.26 Å². The van der Waals surface area contributed by atoms with Crippen molar-refractivity contribution in [1.82, 2.24) is 4.98 Å². The molecule has 18 heavy (non-hydrogen) atoms. The summed E-state index contributed by atoms with van der Waals surface area (Å²) >= 11 is 3.39. The quantitative estimate of drug-likeness (QED) is 0.571. The van der Waals surface area contributed by atoms with Crippen LogP contribution in [-0.2, 0) is 6.67 Å². The summed E-state index contributed by atoms with van der Waals surface area (Å²) in [6.45, 7) is -0.561. The normalized spacial score (nSPS) is 9.39. The number of thiazole rings is 1. The molecule has 1 aromatic heterocycles. The summed E-state index contributed by atoms with van der Waals surface area (Å²) in [4.78, 5) is 4.01. The fourth-order valence-corrected chi connectivity index (χ4v) is 2.54. The molecule has 0 spiro atoms. The van der Waals surface area contributed by atoms with Crippen LogP contribution in [-0.4, -0.2) is 4.98 Å². The fraction of sp³-hybridized carbons (Fsp3) is 0.0769. The highest BCUT2D eigenvalue weighted by atomic mass is 127. The van der Waals surface area contributed by atoms with Gasteiger partial charge in [0.05, 0.1) is 11.6 Å². The second-order valence-corrected chi connectivity index (χ2v) is 5.54. The zero-order valence-corrected chi connectivity index (χ0v) is 12.0. The van der Waals surface area contributed by atoms with Gasteiger partial charge in [-0.15, -0.1) is 11.3 Å². The first-order chi connectivity index (χ1) is 8.71. The molecule has 0 aliphatic carbocycles. The molecule has 0 saturated heterocycles. The molecule has 5 heteroatoms. The molecule has 1 aromatic carbocycles. The standard InChI is InChI=1S/C13H6FIN2S/c14-6-13-17-12(8-18-13)2-1-9-3-10(7-16)5-11(15)4-9/h3-5,8H,6H2. The van der Waals surface area contributed by atoms with Gasteiger partial charge >= 0.3 is 0 Å². The van der Waals surface area contributed by atoms with E-state index in [2.05, 4.69) is 45.5 Å². The number of benzene rings is 1. The maximum Gasteiger partial charge on any atom is 0.141 e. The minimum Gasteiger partial charge on any atom is -0.243 e. The van der Waals surface area contributed by atoms with E-state index in [1.807, 2.05) is 6.07 Å². The molecule has 2 rings (SSSR count). The topological polar surface area (TPSA) is 36.7 Å². The van der Waals surface area contributed by atoms with Crippen molar-refractivity contribution in [1.29, 1.82) is 5.26 Å². The van der Waals surface area contributed by atoms with Crippen molar-refractivity contribution in [3.05, 3.63) is 49.0 Å². The van der Waals surface area contributed by atoms with Crippen LogP contribution >= 0.6 is 33.9 Å². The zero-order chi connectivity index (χ0) is 13.0. The SMILES string of the molecule is N#Cc1cc(I)cc(C#Cc2csc(CF)n2)c1. The summed E-state index contributed by atoms with van der Waals surface area (Å²) in [5.74, 6) is 5.79. The van der Waals surface area contributed by atoms with E-state index >= 15 is 0 Å². The lowest BCUT2D eigenvalue weighted by atomic mass is 10.1. The van der Waals surface area contributed by atoms with Gasteiger partial charge < -0.3 is 0 Å². The van der Waals surface area contributed by atoms with Gasteiger partial charge in [-0.25, -0.2) is 9.37 Å². The predicted molar refractivity (Wildman–Crippen MR) is 76.8 cm³/mol. The summed E-state index contributed by atoms with van der Waals surface area (Å²) in [5, 5.41) is 11.0. The monoisotopic (exact) mass is 368 g/mol. The predicted octanol–water partition coefficient (Wildman–Crippen LogP) is 3.49. The molecule has 0 aliphatic heterocycles. The molecule has 1 heterocycles. The first kappa shape index (κ1) is 13.0. The molecule has 0 saturated carbocycles. The fourth-order valence-electron chi connectivity index (χ4n) is 1.29. The van der Waals surface area contributed by atoms with E-state index in [1.165, 1.54) is 11.3 Å². The van der Waals surface area contributed by atoms with Gasteiger partial charge in [-0.3, -0.25) is 0 Å². The number of nitriles is 1. The van der Waals surface area contributed by atoms with E-state index in [0.717, 1.165) is 9.13 Å². The van der Waals surface area contributed by atoms with Crippen LogP contribution in [0.25, 0.3) is 0 Å². The number of halogens is 2. The van der Waals surface area contributed by atoms with Gasteiger partial charge in [0.2, 0.25) is 0 Å². The van der Waals surface area contributed by atoms with Gasteiger partial charge in [0, 0.05) is 14.5 Å². The maximum atomic E-state index is 12.3.